The Bertz CT molecular complexity index is 918. The lowest BCUT2D eigenvalue weighted by Crippen LogP contribution is -2.19. The topological polar surface area (TPSA) is 92.1 Å². The normalized spacial score (nSPS) is 11.3. The van der Waals surface area contributed by atoms with E-state index in [9.17, 15) is 9.90 Å². The summed E-state index contributed by atoms with van der Waals surface area (Å²) in [6, 6.07) is 5.06. The van der Waals surface area contributed by atoms with Gasteiger partial charge in [0, 0.05) is 18.8 Å². The molecule has 1 aromatic heterocycles. The second kappa shape index (κ2) is 8.63. The number of rotatable bonds is 7. The fourth-order valence-corrected chi connectivity index (χ4v) is 2.54. The van der Waals surface area contributed by atoms with Gasteiger partial charge in [0.15, 0.2) is 4.77 Å². The van der Waals surface area contributed by atoms with E-state index < -0.39 is 5.56 Å². The van der Waals surface area contributed by atoms with Crippen molar-refractivity contribution in [2.24, 2.45) is 4.99 Å². The van der Waals surface area contributed by atoms with Crippen molar-refractivity contribution in [1.29, 1.82) is 0 Å². The Labute approximate surface area is 156 Å². The average Bonchev–Trinajstić information content (AvgIpc) is 2.60. The Morgan fingerprint density at radius 1 is 1.35 bits per heavy atom. The number of nitrogens with one attached hydrogen (secondary N) is 1. The molecule has 26 heavy (non-hydrogen) atoms. The van der Waals surface area contributed by atoms with Crippen LogP contribution >= 0.6 is 12.2 Å². The molecule has 0 spiro atoms. The molecular formula is C17H22N4O4S. The van der Waals surface area contributed by atoms with Crippen LogP contribution in [0.4, 0.5) is 0 Å². The highest BCUT2D eigenvalue weighted by atomic mass is 32.1. The van der Waals surface area contributed by atoms with Crippen LogP contribution in [0.3, 0.4) is 0 Å². The number of hydrogen-bond donors (Lipinski definition) is 2. The molecule has 0 radical (unpaired) electrons. The zero-order valence-electron chi connectivity index (χ0n) is 15.1. The monoisotopic (exact) mass is 378 g/mol. The smallest absolute Gasteiger partial charge is 0.264 e. The van der Waals surface area contributed by atoms with E-state index in [4.69, 9.17) is 21.7 Å². The molecule has 2 N–H and O–H groups in total. The molecule has 2 aromatic rings. The van der Waals surface area contributed by atoms with E-state index in [1.54, 1.807) is 18.2 Å². The van der Waals surface area contributed by atoms with Gasteiger partial charge in [-0.15, -0.1) is 0 Å². The quantitative estimate of drug-likeness (QED) is 0.562. The van der Waals surface area contributed by atoms with Gasteiger partial charge in [0.05, 0.1) is 26.5 Å². The molecule has 1 heterocycles. The summed E-state index contributed by atoms with van der Waals surface area (Å²) in [5, 5.41) is 10.7. The van der Waals surface area contributed by atoms with Crippen LogP contribution in [0.15, 0.2) is 28.0 Å². The number of aliphatic imine (C=N–C) groups is 1. The predicted molar refractivity (Wildman–Crippen MR) is 103 cm³/mol. The van der Waals surface area contributed by atoms with Gasteiger partial charge in [-0.2, -0.15) is 0 Å². The molecule has 0 atom stereocenters. The van der Waals surface area contributed by atoms with E-state index in [0.717, 1.165) is 6.54 Å². The van der Waals surface area contributed by atoms with E-state index in [-0.39, 0.29) is 16.2 Å². The van der Waals surface area contributed by atoms with Crippen molar-refractivity contribution in [3.8, 4) is 23.1 Å². The maximum atomic E-state index is 12.2. The molecule has 0 aliphatic carbocycles. The fourth-order valence-electron chi connectivity index (χ4n) is 2.26. The van der Waals surface area contributed by atoms with Crippen molar-refractivity contribution in [3.63, 3.8) is 0 Å². The lowest BCUT2D eigenvalue weighted by atomic mass is 10.2. The highest BCUT2D eigenvalue weighted by Gasteiger charge is 2.16. The van der Waals surface area contributed by atoms with Crippen LogP contribution in [-0.4, -0.2) is 67.2 Å². The number of aromatic hydroxyl groups is 1. The molecule has 0 unspecified atom stereocenters. The van der Waals surface area contributed by atoms with Crippen molar-refractivity contribution >= 4 is 18.4 Å². The van der Waals surface area contributed by atoms with Gasteiger partial charge in [0.2, 0.25) is 5.88 Å². The summed E-state index contributed by atoms with van der Waals surface area (Å²) in [5.74, 6) is 0.688. The van der Waals surface area contributed by atoms with E-state index in [1.807, 2.05) is 19.0 Å². The summed E-state index contributed by atoms with van der Waals surface area (Å²) in [5.41, 5.74) is -0.0602. The van der Waals surface area contributed by atoms with Crippen molar-refractivity contribution in [2.75, 3.05) is 41.4 Å². The molecule has 0 aliphatic rings. The number of aromatic amines is 1. The molecule has 0 fully saturated rings. The van der Waals surface area contributed by atoms with Gasteiger partial charge in [-0.3, -0.25) is 19.3 Å². The maximum absolute atomic E-state index is 12.2. The summed E-state index contributed by atoms with van der Waals surface area (Å²) in [4.78, 5) is 20.9. The summed E-state index contributed by atoms with van der Waals surface area (Å²) < 4.78 is 11.9. The SMILES string of the molecule is COc1ccc(OC)c(-n2c(O)c(C=NCCN(C)C)c(=O)[nH]c2=S)c1. The Kier molecular flexibility index (Phi) is 6.53. The minimum Gasteiger partial charge on any atom is -0.497 e. The largest absolute Gasteiger partial charge is 0.497 e. The zero-order valence-corrected chi connectivity index (χ0v) is 16.0. The standard InChI is InChI=1S/C17H22N4O4S/c1-20(2)8-7-18-10-12-15(22)19-17(26)21(16(12)23)13-9-11(24-3)5-6-14(13)25-4/h5-6,9-10,23H,7-8H2,1-4H3,(H,19,22,26). The first-order chi connectivity index (χ1) is 12.4. The van der Waals surface area contributed by atoms with E-state index in [1.165, 1.54) is 25.0 Å². The number of H-pyrrole nitrogens is 1. The van der Waals surface area contributed by atoms with E-state index in [0.29, 0.717) is 23.7 Å². The molecular weight excluding hydrogens is 356 g/mol. The van der Waals surface area contributed by atoms with Crippen LogP contribution in [-0.2, 0) is 0 Å². The molecule has 9 heteroatoms. The molecule has 2 rings (SSSR count). The van der Waals surface area contributed by atoms with Gasteiger partial charge in [0.1, 0.15) is 17.1 Å². The van der Waals surface area contributed by atoms with Gasteiger partial charge < -0.3 is 19.5 Å². The van der Waals surface area contributed by atoms with Crippen LogP contribution in [0, 0.1) is 4.77 Å². The molecule has 1 aromatic carbocycles. The van der Waals surface area contributed by atoms with Crippen LogP contribution < -0.4 is 15.0 Å². The molecule has 0 aliphatic heterocycles. The Balaban J connectivity index is 2.59. The van der Waals surface area contributed by atoms with Crippen LogP contribution in [0.1, 0.15) is 5.56 Å². The number of benzene rings is 1. The summed E-state index contributed by atoms with van der Waals surface area (Å²) in [6.45, 7) is 1.21. The van der Waals surface area contributed by atoms with Crippen LogP contribution in [0.25, 0.3) is 5.69 Å². The third-order valence-electron chi connectivity index (χ3n) is 3.64. The second-order valence-corrected chi connectivity index (χ2v) is 6.10. The van der Waals surface area contributed by atoms with E-state index in [2.05, 4.69) is 9.98 Å². The number of ether oxygens (including phenoxy) is 2. The van der Waals surface area contributed by atoms with E-state index >= 15 is 0 Å². The van der Waals surface area contributed by atoms with Gasteiger partial charge >= 0.3 is 0 Å². The Morgan fingerprint density at radius 2 is 2.08 bits per heavy atom. The summed E-state index contributed by atoms with van der Waals surface area (Å²) in [6.07, 6.45) is 1.34. The number of nitrogens with zero attached hydrogens (tertiary/aromatic N) is 3. The molecule has 140 valence electrons. The number of likely N-dealkylation sites (N-methyl/N-ethyl adjacent to an activating group) is 1. The highest BCUT2D eigenvalue weighted by Crippen LogP contribution is 2.30. The molecule has 0 saturated heterocycles. The number of methoxy groups -OCH3 is 2. The lowest BCUT2D eigenvalue weighted by Gasteiger charge is -2.15. The number of hydrogen-bond acceptors (Lipinski definition) is 7. The fraction of sp³-hybridized carbons (Fsp3) is 0.353. The minimum atomic E-state index is -0.515. The summed E-state index contributed by atoms with van der Waals surface area (Å²) in [7, 11) is 6.88. The maximum Gasteiger partial charge on any atom is 0.264 e. The second-order valence-electron chi connectivity index (χ2n) is 5.71. The highest BCUT2D eigenvalue weighted by molar-refractivity contribution is 7.71. The Morgan fingerprint density at radius 3 is 2.69 bits per heavy atom. The van der Waals surface area contributed by atoms with Gasteiger partial charge in [-0.25, -0.2) is 0 Å². The predicted octanol–water partition coefficient (Wildman–Crippen LogP) is 1.60. The van der Waals surface area contributed by atoms with Crippen molar-refractivity contribution < 1.29 is 14.6 Å². The average molecular weight is 378 g/mol. The van der Waals surface area contributed by atoms with Gasteiger partial charge in [-0.1, -0.05) is 0 Å². The van der Waals surface area contributed by atoms with Crippen LogP contribution in [0.2, 0.25) is 0 Å². The first-order valence-electron chi connectivity index (χ1n) is 7.84. The third kappa shape index (κ3) is 4.30. The van der Waals surface area contributed by atoms with Crippen molar-refractivity contribution in [1.82, 2.24) is 14.5 Å². The van der Waals surface area contributed by atoms with Crippen LogP contribution in [0.5, 0.6) is 17.4 Å². The molecule has 8 nitrogen and oxygen atoms in total. The first kappa shape index (κ1) is 19.7. The molecule has 0 bridgehead atoms. The lowest BCUT2D eigenvalue weighted by molar-refractivity contribution is 0.394. The third-order valence-corrected chi connectivity index (χ3v) is 3.93. The summed E-state index contributed by atoms with van der Waals surface area (Å²) >= 11 is 5.23. The zero-order chi connectivity index (χ0) is 19.3. The van der Waals surface area contributed by atoms with Crippen molar-refractivity contribution in [3.05, 3.63) is 38.9 Å². The number of aromatic nitrogens is 2. The van der Waals surface area contributed by atoms with Gasteiger partial charge in [0.25, 0.3) is 5.56 Å². The molecule has 0 amide bonds. The van der Waals surface area contributed by atoms with Crippen molar-refractivity contribution in [2.45, 2.75) is 0 Å². The molecule has 0 saturated carbocycles. The minimum absolute atomic E-state index is 0.0160. The van der Waals surface area contributed by atoms with Gasteiger partial charge in [-0.05, 0) is 38.4 Å². The first-order valence-corrected chi connectivity index (χ1v) is 8.25. The Hall–Kier alpha value is -2.65.